The van der Waals surface area contributed by atoms with Gasteiger partial charge in [-0.1, -0.05) is 36.4 Å². The van der Waals surface area contributed by atoms with Crippen molar-refractivity contribution in [1.29, 1.82) is 0 Å². The lowest BCUT2D eigenvalue weighted by Crippen LogP contribution is -2.40. The van der Waals surface area contributed by atoms with Crippen molar-refractivity contribution >= 4 is 21.6 Å². The third-order valence-electron chi connectivity index (χ3n) is 4.92. The van der Waals surface area contributed by atoms with Crippen LogP contribution < -0.4 is 14.8 Å². The number of amides is 1. The zero-order chi connectivity index (χ0) is 23.1. The molecule has 1 N–H and O–H groups in total. The van der Waals surface area contributed by atoms with Gasteiger partial charge in [-0.3, -0.25) is 4.79 Å². The number of benzene rings is 3. The highest BCUT2D eigenvalue weighted by Crippen LogP contribution is 2.33. The minimum Gasteiger partial charge on any atom is -0.484 e. The van der Waals surface area contributed by atoms with E-state index < -0.39 is 15.9 Å². The Hall–Kier alpha value is -3.40. The van der Waals surface area contributed by atoms with Gasteiger partial charge >= 0.3 is 0 Å². The maximum Gasteiger partial charge on any atom is 0.262 e. The second-order valence-electron chi connectivity index (χ2n) is 7.24. The van der Waals surface area contributed by atoms with Crippen molar-refractivity contribution in [2.45, 2.75) is 4.90 Å². The van der Waals surface area contributed by atoms with Gasteiger partial charge in [0.1, 0.15) is 11.5 Å². The third kappa shape index (κ3) is 5.89. The van der Waals surface area contributed by atoms with Gasteiger partial charge < -0.3 is 19.5 Å². The second-order valence-corrected chi connectivity index (χ2v) is 9.18. The van der Waals surface area contributed by atoms with Crippen LogP contribution in [0.1, 0.15) is 0 Å². The number of carbonyl (C=O) groups excluding carboxylic acids is 1. The molecule has 1 aliphatic rings. The summed E-state index contributed by atoms with van der Waals surface area (Å²) in [6.07, 6.45) is 0. The Balaban J connectivity index is 1.58. The molecule has 0 radical (unpaired) electrons. The van der Waals surface area contributed by atoms with Gasteiger partial charge in [-0.25, -0.2) is 8.42 Å². The lowest BCUT2D eigenvalue weighted by Gasteiger charge is -2.26. The number of hydrogen-bond donors (Lipinski definition) is 1. The molecule has 0 atom stereocenters. The summed E-state index contributed by atoms with van der Waals surface area (Å²) in [6.45, 7) is 0.993. The highest BCUT2D eigenvalue weighted by Gasteiger charge is 2.27. The minimum absolute atomic E-state index is 0.0593. The molecular weight excluding hydrogens is 444 g/mol. The van der Waals surface area contributed by atoms with Crippen molar-refractivity contribution in [2.24, 2.45) is 0 Å². The quantitative estimate of drug-likeness (QED) is 0.544. The van der Waals surface area contributed by atoms with Crippen LogP contribution >= 0.6 is 0 Å². The minimum atomic E-state index is -3.75. The summed E-state index contributed by atoms with van der Waals surface area (Å²) in [4.78, 5) is 12.6. The zero-order valence-corrected chi connectivity index (χ0v) is 18.7. The van der Waals surface area contributed by atoms with E-state index in [-0.39, 0.29) is 30.3 Å². The molecule has 1 amide bonds. The van der Waals surface area contributed by atoms with Crippen molar-refractivity contribution in [1.82, 2.24) is 4.31 Å². The molecule has 0 aromatic heterocycles. The largest absolute Gasteiger partial charge is 0.484 e. The van der Waals surface area contributed by atoms with Crippen LogP contribution in [0, 0.1) is 0 Å². The van der Waals surface area contributed by atoms with E-state index in [4.69, 9.17) is 14.2 Å². The normalized spacial score (nSPS) is 14.4. The fourth-order valence-electron chi connectivity index (χ4n) is 3.26. The number of nitrogens with zero attached hydrogens (tertiary/aromatic N) is 1. The van der Waals surface area contributed by atoms with E-state index >= 15 is 0 Å². The lowest BCUT2D eigenvalue weighted by atomic mass is 10.2. The van der Waals surface area contributed by atoms with E-state index in [1.807, 2.05) is 24.3 Å². The first-order valence-corrected chi connectivity index (χ1v) is 11.9. The number of hydrogen-bond acceptors (Lipinski definition) is 6. The average Bonchev–Trinajstić information content (AvgIpc) is 2.85. The van der Waals surface area contributed by atoms with Crippen LogP contribution in [-0.2, 0) is 19.6 Å². The summed E-state index contributed by atoms with van der Waals surface area (Å²) in [5.74, 6) is 0.974. The van der Waals surface area contributed by atoms with E-state index in [1.54, 1.807) is 36.4 Å². The summed E-state index contributed by atoms with van der Waals surface area (Å²) in [6, 6.07) is 22.4. The van der Waals surface area contributed by atoms with Crippen LogP contribution in [0.5, 0.6) is 17.2 Å². The second kappa shape index (κ2) is 10.5. The molecule has 4 rings (SSSR count). The Bertz CT molecular complexity index is 1180. The van der Waals surface area contributed by atoms with E-state index in [2.05, 4.69) is 5.32 Å². The molecule has 8 nitrogen and oxygen atoms in total. The fraction of sp³-hybridized carbons (Fsp3) is 0.208. The van der Waals surface area contributed by atoms with Crippen molar-refractivity contribution in [2.75, 3.05) is 38.2 Å². The molecule has 0 aliphatic carbocycles. The summed E-state index contributed by atoms with van der Waals surface area (Å²) in [5.41, 5.74) is 0.231. The number of rotatable bonds is 8. The van der Waals surface area contributed by atoms with Crippen LogP contribution in [0.3, 0.4) is 0 Å². The van der Waals surface area contributed by atoms with Crippen LogP contribution in [0.2, 0.25) is 0 Å². The Kier molecular flexibility index (Phi) is 7.23. The summed E-state index contributed by atoms with van der Waals surface area (Å²) >= 11 is 0. The zero-order valence-electron chi connectivity index (χ0n) is 17.8. The van der Waals surface area contributed by atoms with Crippen molar-refractivity contribution in [3.05, 3.63) is 78.9 Å². The monoisotopic (exact) mass is 468 g/mol. The number of para-hydroxylation sites is 2. The first-order valence-electron chi connectivity index (χ1n) is 10.4. The maximum absolute atomic E-state index is 13.1. The van der Waals surface area contributed by atoms with Crippen LogP contribution in [-0.4, -0.2) is 51.5 Å². The molecule has 3 aromatic rings. The molecule has 3 aromatic carbocycles. The molecule has 172 valence electrons. The number of carbonyl (C=O) groups is 1. The fourth-order valence-corrected chi connectivity index (χ4v) is 4.69. The van der Waals surface area contributed by atoms with Gasteiger partial charge in [0, 0.05) is 13.1 Å². The van der Waals surface area contributed by atoms with Gasteiger partial charge in [-0.05, 0) is 42.5 Å². The molecule has 1 saturated heterocycles. The van der Waals surface area contributed by atoms with Crippen molar-refractivity contribution < 1.29 is 27.4 Å². The average molecular weight is 469 g/mol. The smallest absolute Gasteiger partial charge is 0.262 e. The van der Waals surface area contributed by atoms with Gasteiger partial charge in [0.15, 0.2) is 12.4 Å². The number of morpholine rings is 1. The van der Waals surface area contributed by atoms with Crippen molar-refractivity contribution in [3.63, 3.8) is 0 Å². The maximum atomic E-state index is 13.1. The molecular formula is C24H24N2O6S. The SMILES string of the molecule is O=C(COc1ccccc1)Nc1cc(S(=O)(=O)N2CCOCC2)ccc1Oc1ccccc1. The first kappa shape index (κ1) is 22.8. The summed E-state index contributed by atoms with van der Waals surface area (Å²) < 4.78 is 44.2. The Morgan fingerprint density at radius 2 is 1.55 bits per heavy atom. The predicted molar refractivity (Wildman–Crippen MR) is 123 cm³/mol. The highest BCUT2D eigenvalue weighted by molar-refractivity contribution is 7.89. The number of ether oxygens (including phenoxy) is 3. The Labute approximate surface area is 192 Å². The van der Waals surface area contributed by atoms with Crippen LogP contribution in [0.15, 0.2) is 83.8 Å². The lowest BCUT2D eigenvalue weighted by molar-refractivity contribution is -0.118. The molecule has 9 heteroatoms. The van der Waals surface area contributed by atoms with Crippen LogP contribution in [0.25, 0.3) is 0 Å². The van der Waals surface area contributed by atoms with E-state index in [0.29, 0.717) is 30.5 Å². The molecule has 33 heavy (non-hydrogen) atoms. The van der Waals surface area contributed by atoms with E-state index in [1.165, 1.54) is 22.5 Å². The Morgan fingerprint density at radius 1 is 0.909 bits per heavy atom. The summed E-state index contributed by atoms with van der Waals surface area (Å²) in [5, 5.41) is 2.72. The number of anilines is 1. The first-order chi connectivity index (χ1) is 16.0. The Morgan fingerprint density at radius 3 is 2.21 bits per heavy atom. The van der Waals surface area contributed by atoms with Crippen molar-refractivity contribution in [3.8, 4) is 17.2 Å². The van der Waals surface area contributed by atoms with Crippen LogP contribution in [0.4, 0.5) is 5.69 Å². The molecule has 0 saturated carbocycles. The van der Waals surface area contributed by atoms with E-state index in [0.717, 1.165) is 0 Å². The molecule has 1 fully saturated rings. The number of nitrogens with one attached hydrogen (secondary N) is 1. The summed E-state index contributed by atoms with van der Waals surface area (Å²) in [7, 11) is -3.75. The standard InChI is InChI=1S/C24H24N2O6S/c27-24(18-31-19-7-3-1-4-8-19)25-22-17-21(33(28,29)26-13-15-30-16-14-26)11-12-23(22)32-20-9-5-2-6-10-20/h1-12,17H,13-16,18H2,(H,25,27). The molecule has 1 aliphatic heterocycles. The molecule has 0 bridgehead atoms. The van der Waals surface area contributed by atoms with Gasteiger partial charge in [0.2, 0.25) is 10.0 Å². The highest BCUT2D eigenvalue weighted by atomic mass is 32.2. The number of sulfonamides is 1. The molecule has 0 spiro atoms. The third-order valence-corrected chi connectivity index (χ3v) is 6.81. The molecule has 0 unspecified atom stereocenters. The topological polar surface area (TPSA) is 94.2 Å². The van der Waals surface area contributed by atoms with Gasteiger partial charge in [-0.2, -0.15) is 4.31 Å². The van der Waals surface area contributed by atoms with E-state index in [9.17, 15) is 13.2 Å². The van der Waals surface area contributed by atoms with Gasteiger partial charge in [0.05, 0.1) is 23.8 Å². The molecule has 1 heterocycles. The predicted octanol–water partition coefficient (Wildman–Crippen LogP) is 3.52. The van der Waals surface area contributed by atoms with Gasteiger partial charge in [-0.15, -0.1) is 0 Å². The van der Waals surface area contributed by atoms with Gasteiger partial charge in [0.25, 0.3) is 5.91 Å².